The molecule has 2 aromatic rings. The molecule has 0 aliphatic rings. The number of thiophene rings is 1. The number of anilines is 1. The Morgan fingerprint density at radius 1 is 1.25 bits per heavy atom. The molecule has 0 saturated heterocycles. The summed E-state index contributed by atoms with van der Waals surface area (Å²) in [5.74, 6) is -0.723. The second-order valence-corrected chi connectivity index (χ2v) is 6.60. The molecule has 1 aromatic heterocycles. The van der Waals surface area contributed by atoms with Crippen LogP contribution in [0.15, 0.2) is 46.0 Å². The first-order valence-electron chi connectivity index (χ1n) is 5.48. The molecule has 0 radical (unpaired) electrons. The lowest BCUT2D eigenvalue weighted by Crippen LogP contribution is -2.11. The van der Waals surface area contributed by atoms with E-state index in [1.807, 2.05) is 0 Å². The van der Waals surface area contributed by atoms with Crippen LogP contribution in [0.25, 0.3) is 0 Å². The van der Waals surface area contributed by atoms with Crippen molar-refractivity contribution in [2.45, 2.75) is 4.21 Å². The van der Waals surface area contributed by atoms with E-state index in [9.17, 15) is 13.2 Å². The zero-order valence-electron chi connectivity index (χ0n) is 10.1. The third-order valence-electron chi connectivity index (χ3n) is 2.23. The Morgan fingerprint density at radius 3 is 2.50 bits per heavy atom. The molecule has 0 fully saturated rings. The maximum absolute atomic E-state index is 12.0. The van der Waals surface area contributed by atoms with Crippen LogP contribution >= 0.6 is 11.3 Å². The third kappa shape index (κ3) is 3.72. The number of aliphatic carboxylic acids is 1. The van der Waals surface area contributed by atoms with Crippen molar-refractivity contribution in [2.75, 3.05) is 11.3 Å². The summed E-state index contributed by atoms with van der Waals surface area (Å²) in [5.41, 5.74) is 0.376. The van der Waals surface area contributed by atoms with Gasteiger partial charge in [-0.3, -0.25) is 4.72 Å². The molecule has 106 valence electrons. The largest absolute Gasteiger partial charge is 0.482 e. The number of sulfonamides is 1. The minimum Gasteiger partial charge on any atom is -0.482 e. The molecule has 1 aromatic carbocycles. The summed E-state index contributed by atoms with van der Waals surface area (Å²) in [6, 6.07) is 9.16. The smallest absolute Gasteiger partial charge is 0.341 e. The minimum absolute atomic E-state index is 0.226. The lowest BCUT2D eigenvalue weighted by molar-refractivity contribution is -0.139. The van der Waals surface area contributed by atoms with E-state index in [1.165, 1.54) is 30.3 Å². The fourth-order valence-corrected chi connectivity index (χ4v) is 3.44. The van der Waals surface area contributed by atoms with Crippen molar-refractivity contribution in [3.63, 3.8) is 0 Å². The maximum atomic E-state index is 12.0. The first kappa shape index (κ1) is 14.4. The van der Waals surface area contributed by atoms with Crippen molar-refractivity contribution in [1.29, 1.82) is 0 Å². The van der Waals surface area contributed by atoms with Crippen molar-refractivity contribution in [3.8, 4) is 5.75 Å². The molecule has 0 unspecified atom stereocenters. The van der Waals surface area contributed by atoms with Crippen LogP contribution in [0, 0.1) is 0 Å². The van der Waals surface area contributed by atoms with Crippen molar-refractivity contribution in [1.82, 2.24) is 0 Å². The van der Waals surface area contributed by atoms with Gasteiger partial charge in [-0.15, -0.1) is 11.3 Å². The van der Waals surface area contributed by atoms with E-state index in [-0.39, 0.29) is 4.21 Å². The summed E-state index contributed by atoms with van der Waals surface area (Å²) in [4.78, 5) is 10.3. The molecule has 0 saturated carbocycles. The monoisotopic (exact) mass is 313 g/mol. The predicted molar refractivity (Wildman–Crippen MR) is 74.7 cm³/mol. The van der Waals surface area contributed by atoms with E-state index in [0.29, 0.717) is 11.4 Å². The number of hydrogen-bond donors (Lipinski definition) is 2. The average molecular weight is 313 g/mol. The van der Waals surface area contributed by atoms with Crippen LogP contribution < -0.4 is 9.46 Å². The fraction of sp³-hybridized carbons (Fsp3) is 0.0833. The van der Waals surface area contributed by atoms with Gasteiger partial charge < -0.3 is 9.84 Å². The Morgan fingerprint density at radius 2 is 1.95 bits per heavy atom. The van der Waals surface area contributed by atoms with Gasteiger partial charge in [-0.25, -0.2) is 13.2 Å². The van der Waals surface area contributed by atoms with Crippen LogP contribution in [-0.4, -0.2) is 26.1 Å². The van der Waals surface area contributed by atoms with Gasteiger partial charge >= 0.3 is 5.97 Å². The van der Waals surface area contributed by atoms with Crippen LogP contribution in [0.5, 0.6) is 5.75 Å². The van der Waals surface area contributed by atoms with Gasteiger partial charge in [0.2, 0.25) is 0 Å². The molecule has 0 amide bonds. The van der Waals surface area contributed by atoms with E-state index in [1.54, 1.807) is 11.4 Å². The molecule has 2 N–H and O–H groups in total. The number of carbonyl (C=O) groups is 1. The number of rotatable bonds is 6. The lowest BCUT2D eigenvalue weighted by atomic mass is 10.3. The number of nitrogens with one attached hydrogen (secondary N) is 1. The zero-order valence-corrected chi connectivity index (χ0v) is 11.8. The van der Waals surface area contributed by atoms with Crippen molar-refractivity contribution in [2.24, 2.45) is 0 Å². The molecule has 8 heteroatoms. The van der Waals surface area contributed by atoms with Crippen molar-refractivity contribution < 1.29 is 23.1 Å². The van der Waals surface area contributed by atoms with Gasteiger partial charge in [-0.2, -0.15) is 0 Å². The van der Waals surface area contributed by atoms with Crippen molar-refractivity contribution >= 4 is 33.0 Å². The van der Waals surface area contributed by atoms with Gasteiger partial charge in [0.25, 0.3) is 10.0 Å². The fourth-order valence-electron chi connectivity index (χ4n) is 1.39. The molecule has 0 aliphatic carbocycles. The Kier molecular flexibility index (Phi) is 4.26. The van der Waals surface area contributed by atoms with Gasteiger partial charge in [-0.1, -0.05) is 6.07 Å². The van der Waals surface area contributed by atoms with E-state index >= 15 is 0 Å². The van der Waals surface area contributed by atoms with Crippen molar-refractivity contribution in [3.05, 3.63) is 41.8 Å². The SMILES string of the molecule is O=C(O)COc1ccc(NS(=O)(=O)c2cccs2)cc1. The maximum Gasteiger partial charge on any atom is 0.341 e. The number of carboxylic acids is 1. The molecular weight excluding hydrogens is 302 g/mol. The van der Waals surface area contributed by atoms with Crippen LogP contribution in [0.4, 0.5) is 5.69 Å². The number of benzene rings is 1. The Hall–Kier alpha value is -2.06. The zero-order chi connectivity index (χ0) is 14.6. The Balaban J connectivity index is 2.06. The molecule has 2 rings (SSSR count). The minimum atomic E-state index is -3.57. The second-order valence-electron chi connectivity index (χ2n) is 3.74. The normalized spacial score (nSPS) is 11.0. The van der Waals surface area contributed by atoms with Crippen LogP contribution in [0.1, 0.15) is 0 Å². The first-order chi connectivity index (χ1) is 9.47. The van der Waals surface area contributed by atoms with Crippen LogP contribution in [-0.2, 0) is 14.8 Å². The van der Waals surface area contributed by atoms with Crippen LogP contribution in [0.3, 0.4) is 0 Å². The number of ether oxygens (including phenoxy) is 1. The van der Waals surface area contributed by atoms with Gasteiger partial charge in [0.15, 0.2) is 6.61 Å². The van der Waals surface area contributed by atoms with E-state index < -0.39 is 22.6 Å². The molecule has 6 nitrogen and oxygen atoms in total. The summed E-state index contributed by atoms with van der Waals surface area (Å²) in [6.07, 6.45) is 0. The van der Waals surface area contributed by atoms with Gasteiger partial charge in [0.1, 0.15) is 9.96 Å². The van der Waals surface area contributed by atoms with Gasteiger partial charge in [-0.05, 0) is 35.7 Å². The van der Waals surface area contributed by atoms with Crippen LogP contribution in [0.2, 0.25) is 0 Å². The summed E-state index contributed by atoms with van der Waals surface area (Å²) < 4.78 is 31.5. The average Bonchev–Trinajstić information content (AvgIpc) is 2.92. The summed E-state index contributed by atoms with van der Waals surface area (Å²) in [7, 11) is -3.57. The molecule has 0 spiro atoms. The predicted octanol–water partition coefficient (Wildman–Crippen LogP) is 2.01. The number of carboxylic acid groups (broad SMARTS) is 1. The highest BCUT2D eigenvalue weighted by Crippen LogP contribution is 2.21. The van der Waals surface area contributed by atoms with E-state index in [0.717, 1.165) is 11.3 Å². The molecule has 0 atom stereocenters. The van der Waals surface area contributed by atoms with E-state index in [4.69, 9.17) is 9.84 Å². The van der Waals surface area contributed by atoms with E-state index in [2.05, 4.69) is 4.72 Å². The highest BCUT2D eigenvalue weighted by molar-refractivity contribution is 7.94. The quantitative estimate of drug-likeness (QED) is 0.851. The number of hydrogen-bond acceptors (Lipinski definition) is 5. The molecule has 1 heterocycles. The third-order valence-corrected chi connectivity index (χ3v) is 5.01. The highest BCUT2D eigenvalue weighted by Gasteiger charge is 2.14. The highest BCUT2D eigenvalue weighted by atomic mass is 32.2. The summed E-state index contributed by atoms with van der Waals surface area (Å²) in [5, 5.41) is 10.2. The van der Waals surface area contributed by atoms with Gasteiger partial charge in [0, 0.05) is 5.69 Å². The molecule has 0 bridgehead atoms. The molecule has 0 aliphatic heterocycles. The summed E-state index contributed by atoms with van der Waals surface area (Å²) >= 11 is 1.12. The Bertz CT molecular complexity index is 677. The second kappa shape index (κ2) is 5.93. The Labute approximate surface area is 119 Å². The summed E-state index contributed by atoms with van der Waals surface area (Å²) in [6.45, 7) is -0.444. The topological polar surface area (TPSA) is 92.7 Å². The first-order valence-corrected chi connectivity index (χ1v) is 7.85. The molecular formula is C12H11NO5S2. The standard InChI is InChI=1S/C12H11NO5S2/c14-11(15)8-18-10-5-3-9(4-6-10)13-20(16,17)12-2-1-7-19-12/h1-7,13H,8H2,(H,14,15). The van der Waals surface area contributed by atoms with Gasteiger partial charge in [0.05, 0.1) is 0 Å². The molecule has 20 heavy (non-hydrogen) atoms. The lowest BCUT2D eigenvalue weighted by Gasteiger charge is -2.07.